The quantitative estimate of drug-likeness (QED) is 0.391. The number of hydrogen-bond acceptors (Lipinski definition) is 6. The highest BCUT2D eigenvalue weighted by Crippen LogP contribution is 2.21. The number of carbonyl (C=O) groups is 2. The standard InChI is InChI=1S/C20H16N2O6/c1-13-8-9-14(11-16(13)21-19(23)18-7-4-10-27-18)20(24)28-12-15-5-2-3-6-17(15)22(25)26/h2-11H,12H2,1H3,(H,21,23). The summed E-state index contributed by atoms with van der Waals surface area (Å²) in [5, 5.41) is 13.7. The van der Waals surface area contributed by atoms with E-state index in [9.17, 15) is 19.7 Å². The third-order valence-electron chi connectivity index (χ3n) is 4.01. The number of para-hydroxylation sites is 1. The smallest absolute Gasteiger partial charge is 0.338 e. The van der Waals surface area contributed by atoms with Crippen molar-refractivity contribution in [1.29, 1.82) is 0 Å². The molecule has 0 bridgehead atoms. The van der Waals surface area contributed by atoms with Gasteiger partial charge in [-0.05, 0) is 42.8 Å². The molecule has 0 aliphatic rings. The number of nitro groups is 1. The summed E-state index contributed by atoms with van der Waals surface area (Å²) in [5.41, 5.74) is 1.56. The van der Waals surface area contributed by atoms with Gasteiger partial charge in [0, 0.05) is 11.8 Å². The second-order valence-electron chi connectivity index (χ2n) is 5.92. The van der Waals surface area contributed by atoms with E-state index in [-0.39, 0.29) is 23.6 Å². The van der Waals surface area contributed by atoms with E-state index in [1.165, 1.54) is 36.6 Å². The molecule has 0 spiro atoms. The van der Waals surface area contributed by atoms with Crippen LogP contribution in [0, 0.1) is 17.0 Å². The van der Waals surface area contributed by atoms with Crippen molar-refractivity contribution in [3.63, 3.8) is 0 Å². The van der Waals surface area contributed by atoms with E-state index in [0.29, 0.717) is 11.3 Å². The average Bonchev–Trinajstić information content (AvgIpc) is 3.23. The van der Waals surface area contributed by atoms with Gasteiger partial charge >= 0.3 is 5.97 Å². The van der Waals surface area contributed by atoms with Gasteiger partial charge in [-0.1, -0.05) is 18.2 Å². The monoisotopic (exact) mass is 380 g/mol. The molecule has 0 aliphatic carbocycles. The molecular weight excluding hydrogens is 364 g/mol. The lowest BCUT2D eigenvalue weighted by Gasteiger charge is -2.10. The molecule has 28 heavy (non-hydrogen) atoms. The van der Waals surface area contributed by atoms with E-state index >= 15 is 0 Å². The van der Waals surface area contributed by atoms with Crippen LogP contribution in [0.5, 0.6) is 0 Å². The van der Waals surface area contributed by atoms with E-state index in [2.05, 4.69) is 5.32 Å². The number of nitrogens with zero attached hydrogens (tertiary/aromatic N) is 1. The zero-order valence-electron chi connectivity index (χ0n) is 14.9. The summed E-state index contributed by atoms with van der Waals surface area (Å²) in [5.74, 6) is -0.964. The number of amides is 1. The SMILES string of the molecule is Cc1ccc(C(=O)OCc2ccccc2[N+](=O)[O-])cc1NC(=O)c1ccco1. The number of hydrogen-bond donors (Lipinski definition) is 1. The molecule has 1 amide bonds. The highest BCUT2D eigenvalue weighted by atomic mass is 16.6. The van der Waals surface area contributed by atoms with Crippen molar-refractivity contribution in [3.8, 4) is 0 Å². The average molecular weight is 380 g/mol. The number of aryl methyl sites for hydroxylation is 1. The predicted octanol–water partition coefficient (Wildman–Crippen LogP) is 4.11. The van der Waals surface area contributed by atoms with Crippen LogP contribution in [-0.4, -0.2) is 16.8 Å². The first-order valence-electron chi connectivity index (χ1n) is 8.30. The molecule has 0 atom stereocenters. The van der Waals surface area contributed by atoms with Gasteiger partial charge < -0.3 is 14.5 Å². The first kappa shape index (κ1) is 18.8. The number of nitrogens with one attached hydrogen (secondary N) is 1. The summed E-state index contributed by atoms with van der Waals surface area (Å²) < 4.78 is 10.2. The molecule has 0 saturated carbocycles. The Balaban J connectivity index is 1.72. The second-order valence-corrected chi connectivity index (χ2v) is 5.92. The number of ether oxygens (including phenoxy) is 1. The van der Waals surface area contributed by atoms with Gasteiger partial charge in [-0.2, -0.15) is 0 Å². The minimum atomic E-state index is -0.661. The zero-order chi connectivity index (χ0) is 20.1. The van der Waals surface area contributed by atoms with Crippen molar-refractivity contribution >= 4 is 23.3 Å². The Bertz CT molecular complexity index is 1030. The third-order valence-corrected chi connectivity index (χ3v) is 4.01. The molecule has 0 aliphatic heterocycles. The molecule has 142 valence electrons. The Hall–Kier alpha value is -3.94. The fourth-order valence-electron chi connectivity index (χ4n) is 2.51. The van der Waals surface area contributed by atoms with Crippen LogP contribution in [0.15, 0.2) is 65.3 Å². The molecule has 1 heterocycles. The lowest BCUT2D eigenvalue weighted by Crippen LogP contribution is -2.13. The van der Waals surface area contributed by atoms with Crippen molar-refractivity contribution in [2.45, 2.75) is 13.5 Å². The van der Waals surface area contributed by atoms with Gasteiger partial charge in [-0.25, -0.2) is 4.79 Å². The molecule has 0 fully saturated rings. The van der Waals surface area contributed by atoms with Crippen molar-refractivity contribution in [3.05, 3.63) is 93.4 Å². The highest BCUT2D eigenvalue weighted by Gasteiger charge is 2.17. The molecule has 0 unspecified atom stereocenters. The van der Waals surface area contributed by atoms with Crippen molar-refractivity contribution in [2.24, 2.45) is 0 Å². The number of anilines is 1. The lowest BCUT2D eigenvalue weighted by atomic mass is 10.1. The van der Waals surface area contributed by atoms with Gasteiger partial charge in [0.15, 0.2) is 5.76 Å². The van der Waals surface area contributed by atoms with E-state index in [1.54, 1.807) is 31.2 Å². The van der Waals surface area contributed by atoms with Crippen LogP contribution in [0.2, 0.25) is 0 Å². The Morgan fingerprint density at radius 3 is 2.64 bits per heavy atom. The molecule has 8 heteroatoms. The van der Waals surface area contributed by atoms with Crippen LogP contribution < -0.4 is 5.32 Å². The van der Waals surface area contributed by atoms with Crippen LogP contribution in [0.4, 0.5) is 11.4 Å². The fraction of sp³-hybridized carbons (Fsp3) is 0.100. The van der Waals surface area contributed by atoms with E-state index < -0.39 is 16.8 Å². The van der Waals surface area contributed by atoms with Crippen LogP contribution in [-0.2, 0) is 11.3 Å². The number of benzene rings is 2. The van der Waals surface area contributed by atoms with Gasteiger partial charge in [0.25, 0.3) is 11.6 Å². The number of carbonyl (C=O) groups excluding carboxylic acids is 2. The first-order chi connectivity index (χ1) is 13.5. The molecular formula is C20H16N2O6. The van der Waals surface area contributed by atoms with Crippen molar-refractivity contribution < 1.29 is 23.7 Å². The highest BCUT2D eigenvalue weighted by molar-refractivity contribution is 6.03. The Morgan fingerprint density at radius 1 is 1.14 bits per heavy atom. The zero-order valence-corrected chi connectivity index (χ0v) is 14.9. The summed E-state index contributed by atoms with van der Waals surface area (Å²) in [4.78, 5) is 35.0. The van der Waals surface area contributed by atoms with Gasteiger partial charge in [0.05, 0.1) is 22.3 Å². The maximum absolute atomic E-state index is 12.4. The fourth-order valence-corrected chi connectivity index (χ4v) is 2.51. The number of nitro benzene ring substituents is 1. The summed E-state index contributed by atoms with van der Waals surface area (Å²) in [6.07, 6.45) is 1.39. The van der Waals surface area contributed by atoms with E-state index in [4.69, 9.17) is 9.15 Å². The van der Waals surface area contributed by atoms with Crippen LogP contribution in [0.1, 0.15) is 32.0 Å². The van der Waals surface area contributed by atoms with Crippen LogP contribution in [0.25, 0.3) is 0 Å². The summed E-state index contributed by atoms with van der Waals surface area (Å²) in [7, 11) is 0. The van der Waals surface area contributed by atoms with E-state index in [1.807, 2.05) is 0 Å². The predicted molar refractivity (Wildman–Crippen MR) is 100 cm³/mol. The molecule has 3 rings (SSSR count). The number of rotatable bonds is 6. The van der Waals surface area contributed by atoms with E-state index in [0.717, 1.165) is 5.56 Å². The summed E-state index contributed by atoms with van der Waals surface area (Å²) in [6, 6.07) is 13.9. The molecule has 0 radical (unpaired) electrons. The van der Waals surface area contributed by atoms with Crippen molar-refractivity contribution in [2.75, 3.05) is 5.32 Å². The Labute approximate surface area is 159 Å². The number of esters is 1. The molecule has 8 nitrogen and oxygen atoms in total. The van der Waals surface area contributed by atoms with Crippen molar-refractivity contribution in [1.82, 2.24) is 0 Å². The summed E-state index contributed by atoms with van der Waals surface area (Å²) >= 11 is 0. The normalized spacial score (nSPS) is 10.3. The van der Waals surface area contributed by atoms with Gasteiger partial charge in [-0.15, -0.1) is 0 Å². The maximum Gasteiger partial charge on any atom is 0.338 e. The largest absolute Gasteiger partial charge is 0.459 e. The second kappa shape index (κ2) is 8.17. The Morgan fingerprint density at radius 2 is 1.93 bits per heavy atom. The third kappa shape index (κ3) is 4.24. The maximum atomic E-state index is 12.4. The molecule has 2 aromatic carbocycles. The minimum absolute atomic E-state index is 0.120. The van der Waals surface area contributed by atoms with Gasteiger partial charge in [-0.3, -0.25) is 14.9 Å². The molecule has 3 aromatic rings. The van der Waals surface area contributed by atoms with Crippen LogP contribution >= 0.6 is 0 Å². The molecule has 1 aromatic heterocycles. The topological polar surface area (TPSA) is 112 Å². The van der Waals surface area contributed by atoms with Gasteiger partial charge in [0.2, 0.25) is 0 Å². The first-order valence-corrected chi connectivity index (χ1v) is 8.30. The summed E-state index contributed by atoms with van der Waals surface area (Å²) in [6.45, 7) is 1.54. The van der Waals surface area contributed by atoms with Gasteiger partial charge in [0.1, 0.15) is 6.61 Å². The number of furan rings is 1. The minimum Gasteiger partial charge on any atom is -0.459 e. The Kier molecular flexibility index (Phi) is 5.50. The molecule has 1 N–H and O–H groups in total. The molecule has 0 saturated heterocycles. The lowest BCUT2D eigenvalue weighted by molar-refractivity contribution is -0.385. The van der Waals surface area contributed by atoms with Crippen LogP contribution in [0.3, 0.4) is 0 Å².